The predicted octanol–water partition coefficient (Wildman–Crippen LogP) is 3.28. The molecular weight excluding hydrogens is 280 g/mol. The Balaban J connectivity index is 0.00000176. The second kappa shape index (κ2) is 6.30. The van der Waals surface area contributed by atoms with E-state index in [9.17, 15) is 9.90 Å². The van der Waals surface area contributed by atoms with Crippen molar-refractivity contribution in [3.63, 3.8) is 0 Å². The van der Waals surface area contributed by atoms with Gasteiger partial charge in [0.05, 0.1) is 18.3 Å². The average molecular weight is 298 g/mol. The highest BCUT2D eigenvalue weighted by Gasteiger charge is 2.16. The lowest BCUT2D eigenvalue weighted by Gasteiger charge is -2.03. The standard InChI is InChI=1S/C16H14N2O3.CH4/c1-21-16(20)12-8-11-13(7-10-5-3-2-4-6-10)17-18-14(11)9-15(12)19;/h2-6,8-9,19H,7H2,1H3,(H,17,18);1H4. The molecule has 0 bridgehead atoms. The van der Waals surface area contributed by atoms with E-state index in [1.807, 2.05) is 30.3 Å². The molecule has 0 unspecified atom stereocenters. The number of fused-ring (bicyclic) bond motifs is 1. The number of aromatic nitrogens is 2. The van der Waals surface area contributed by atoms with Crippen LogP contribution >= 0.6 is 0 Å². The van der Waals surface area contributed by atoms with E-state index in [4.69, 9.17) is 0 Å². The number of hydrogen-bond acceptors (Lipinski definition) is 4. The number of carbonyl (C=O) groups excluding carboxylic acids is 1. The summed E-state index contributed by atoms with van der Waals surface area (Å²) in [6.07, 6.45) is 0.645. The summed E-state index contributed by atoms with van der Waals surface area (Å²) in [5.74, 6) is -0.689. The third kappa shape index (κ3) is 2.79. The summed E-state index contributed by atoms with van der Waals surface area (Å²) < 4.78 is 4.67. The van der Waals surface area contributed by atoms with Crippen molar-refractivity contribution < 1.29 is 14.6 Å². The molecule has 0 saturated carbocycles. The second-order valence-electron chi connectivity index (χ2n) is 4.74. The topological polar surface area (TPSA) is 75.2 Å². The molecule has 2 aromatic carbocycles. The van der Waals surface area contributed by atoms with Crippen LogP contribution in [0.3, 0.4) is 0 Å². The summed E-state index contributed by atoms with van der Waals surface area (Å²) in [5, 5.41) is 17.8. The van der Waals surface area contributed by atoms with Crippen LogP contribution < -0.4 is 0 Å². The van der Waals surface area contributed by atoms with E-state index < -0.39 is 5.97 Å². The molecule has 5 nitrogen and oxygen atoms in total. The monoisotopic (exact) mass is 298 g/mol. The highest BCUT2D eigenvalue weighted by atomic mass is 16.5. The van der Waals surface area contributed by atoms with Crippen molar-refractivity contribution in [2.24, 2.45) is 0 Å². The lowest BCUT2D eigenvalue weighted by atomic mass is 10.0. The zero-order chi connectivity index (χ0) is 14.8. The molecule has 0 aliphatic heterocycles. The van der Waals surface area contributed by atoms with Gasteiger partial charge in [-0.1, -0.05) is 37.8 Å². The number of rotatable bonds is 3. The molecule has 0 aliphatic carbocycles. The maximum Gasteiger partial charge on any atom is 0.341 e. The first kappa shape index (κ1) is 15.6. The number of benzene rings is 2. The quantitative estimate of drug-likeness (QED) is 0.728. The third-order valence-corrected chi connectivity index (χ3v) is 3.38. The van der Waals surface area contributed by atoms with E-state index in [1.165, 1.54) is 13.2 Å². The molecule has 0 atom stereocenters. The number of nitrogens with one attached hydrogen (secondary N) is 1. The van der Waals surface area contributed by atoms with Crippen molar-refractivity contribution in [3.05, 3.63) is 59.3 Å². The lowest BCUT2D eigenvalue weighted by molar-refractivity contribution is 0.0597. The number of carbonyl (C=O) groups is 1. The SMILES string of the molecule is C.COC(=O)c1cc2c(Cc3ccccc3)n[nH]c2cc1O. The van der Waals surface area contributed by atoms with Crippen LogP contribution in [-0.2, 0) is 11.2 Å². The van der Waals surface area contributed by atoms with Crippen LogP contribution in [0.4, 0.5) is 0 Å². The normalized spacial score (nSPS) is 10.2. The van der Waals surface area contributed by atoms with E-state index in [0.29, 0.717) is 11.9 Å². The van der Waals surface area contributed by atoms with Gasteiger partial charge in [0.1, 0.15) is 11.3 Å². The van der Waals surface area contributed by atoms with Crippen molar-refractivity contribution in [2.75, 3.05) is 7.11 Å². The fourth-order valence-corrected chi connectivity index (χ4v) is 2.30. The molecule has 1 heterocycles. The van der Waals surface area contributed by atoms with Crippen molar-refractivity contribution >= 4 is 16.9 Å². The Morgan fingerprint density at radius 2 is 2.00 bits per heavy atom. The molecule has 5 heteroatoms. The molecule has 3 aromatic rings. The zero-order valence-electron chi connectivity index (χ0n) is 11.5. The molecule has 0 amide bonds. The third-order valence-electron chi connectivity index (χ3n) is 3.38. The minimum Gasteiger partial charge on any atom is -0.507 e. The maximum absolute atomic E-state index is 11.7. The van der Waals surface area contributed by atoms with E-state index in [2.05, 4.69) is 14.9 Å². The Morgan fingerprint density at radius 3 is 2.68 bits per heavy atom. The van der Waals surface area contributed by atoms with Gasteiger partial charge in [-0.15, -0.1) is 0 Å². The summed E-state index contributed by atoms with van der Waals surface area (Å²) in [6.45, 7) is 0. The fraction of sp³-hybridized carbons (Fsp3) is 0.176. The smallest absolute Gasteiger partial charge is 0.341 e. The number of aromatic hydroxyl groups is 1. The number of aromatic amines is 1. The fourth-order valence-electron chi connectivity index (χ4n) is 2.30. The van der Waals surface area contributed by atoms with Crippen molar-refractivity contribution in [1.82, 2.24) is 10.2 Å². The number of phenolic OH excluding ortho intramolecular Hbond substituents is 1. The zero-order valence-corrected chi connectivity index (χ0v) is 11.5. The molecule has 22 heavy (non-hydrogen) atoms. The Kier molecular flexibility index (Phi) is 4.46. The molecule has 2 N–H and O–H groups in total. The van der Waals surface area contributed by atoms with Crippen LogP contribution in [0.5, 0.6) is 5.75 Å². The van der Waals surface area contributed by atoms with Gasteiger partial charge >= 0.3 is 5.97 Å². The Hall–Kier alpha value is -2.82. The summed E-state index contributed by atoms with van der Waals surface area (Å²) in [7, 11) is 1.28. The average Bonchev–Trinajstić information content (AvgIpc) is 2.88. The molecule has 3 rings (SSSR count). The molecule has 114 valence electrons. The number of hydrogen-bond donors (Lipinski definition) is 2. The van der Waals surface area contributed by atoms with Crippen LogP contribution in [0.2, 0.25) is 0 Å². The van der Waals surface area contributed by atoms with Crippen LogP contribution in [0.15, 0.2) is 42.5 Å². The summed E-state index contributed by atoms with van der Waals surface area (Å²) in [4.78, 5) is 11.7. The first-order chi connectivity index (χ1) is 10.2. The van der Waals surface area contributed by atoms with E-state index >= 15 is 0 Å². The number of nitrogens with zero attached hydrogens (tertiary/aromatic N) is 1. The highest BCUT2D eigenvalue weighted by Crippen LogP contribution is 2.27. The second-order valence-corrected chi connectivity index (χ2v) is 4.74. The summed E-state index contributed by atoms with van der Waals surface area (Å²) in [6, 6.07) is 13.0. The van der Waals surface area contributed by atoms with Gasteiger partial charge in [0.2, 0.25) is 0 Å². The van der Waals surface area contributed by atoms with Crippen molar-refractivity contribution in [1.29, 1.82) is 0 Å². The van der Waals surface area contributed by atoms with E-state index in [-0.39, 0.29) is 18.7 Å². The van der Waals surface area contributed by atoms with Crippen molar-refractivity contribution in [3.8, 4) is 5.75 Å². The van der Waals surface area contributed by atoms with Gasteiger partial charge in [-0.3, -0.25) is 5.10 Å². The highest BCUT2D eigenvalue weighted by molar-refractivity contribution is 5.98. The van der Waals surface area contributed by atoms with E-state index in [0.717, 1.165) is 16.6 Å². The van der Waals surface area contributed by atoms with E-state index in [1.54, 1.807) is 6.07 Å². The number of phenols is 1. The summed E-state index contributed by atoms with van der Waals surface area (Å²) >= 11 is 0. The molecule has 0 radical (unpaired) electrons. The largest absolute Gasteiger partial charge is 0.507 e. The lowest BCUT2D eigenvalue weighted by Crippen LogP contribution is -2.01. The van der Waals surface area contributed by atoms with Crippen LogP contribution in [0.1, 0.15) is 29.0 Å². The van der Waals surface area contributed by atoms with Gasteiger partial charge in [-0.2, -0.15) is 5.10 Å². The minimum absolute atomic E-state index is 0. The molecule has 0 saturated heterocycles. The summed E-state index contributed by atoms with van der Waals surface area (Å²) in [5.41, 5.74) is 2.77. The Labute approximate surface area is 128 Å². The minimum atomic E-state index is -0.568. The van der Waals surface area contributed by atoms with Gasteiger partial charge in [-0.25, -0.2) is 4.79 Å². The van der Waals surface area contributed by atoms with Crippen LogP contribution in [0.25, 0.3) is 10.9 Å². The molecule has 1 aromatic heterocycles. The Bertz CT molecular complexity index is 794. The first-order valence-electron chi connectivity index (χ1n) is 6.51. The van der Waals surface area contributed by atoms with Crippen LogP contribution in [0, 0.1) is 0 Å². The number of esters is 1. The predicted molar refractivity (Wildman–Crippen MR) is 85.1 cm³/mol. The number of ether oxygens (including phenoxy) is 1. The van der Waals surface area contributed by atoms with Crippen LogP contribution in [-0.4, -0.2) is 28.4 Å². The molecule has 0 spiro atoms. The maximum atomic E-state index is 11.7. The van der Waals surface area contributed by atoms with Gasteiger partial charge < -0.3 is 9.84 Å². The first-order valence-corrected chi connectivity index (χ1v) is 6.51. The van der Waals surface area contributed by atoms with Gasteiger partial charge in [0.25, 0.3) is 0 Å². The number of H-pyrrole nitrogens is 1. The van der Waals surface area contributed by atoms with Gasteiger partial charge in [0.15, 0.2) is 0 Å². The van der Waals surface area contributed by atoms with Gasteiger partial charge in [0, 0.05) is 17.9 Å². The van der Waals surface area contributed by atoms with Crippen molar-refractivity contribution in [2.45, 2.75) is 13.8 Å². The molecular formula is C17H18N2O3. The van der Waals surface area contributed by atoms with Gasteiger partial charge in [-0.05, 0) is 11.6 Å². The Morgan fingerprint density at radius 1 is 1.27 bits per heavy atom. The number of methoxy groups -OCH3 is 1. The molecule has 0 fully saturated rings. The molecule has 0 aliphatic rings.